The molecule has 102 valence electrons. The molecule has 0 amide bonds. The lowest BCUT2D eigenvalue weighted by Crippen LogP contribution is -2.27. The highest BCUT2D eigenvalue weighted by molar-refractivity contribution is 5.33. The predicted molar refractivity (Wildman–Crippen MR) is 78.2 cm³/mol. The molecule has 1 aromatic rings. The Morgan fingerprint density at radius 1 is 1.00 bits per heavy atom. The zero-order valence-corrected chi connectivity index (χ0v) is 12.3. The number of rotatable bonds is 8. The number of hydrogen-bond donors (Lipinski definition) is 0. The molecule has 1 rings (SSSR count). The van der Waals surface area contributed by atoms with Gasteiger partial charge in [-0.3, -0.25) is 0 Å². The summed E-state index contributed by atoms with van der Waals surface area (Å²) in [5.41, 5.74) is 4.20. The number of aryl methyl sites for hydroxylation is 2. The van der Waals surface area contributed by atoms with E-state index in [0.29, 0.717) is 0 Å². The van der Waals surface area contributed by atoms with Crippen LogP contribution in [0.1, 0.15) is 30.5 Å². The molecule has 0 fully saturated rings. The molecule has 0 aliphatic rings. The van der Waals surface area contributed by atoms with Crippen LogP contribution in [0.2, 0.25) is 0 Å². The third kappa shape index (κ3) is 4.79. The van der Waals surface area contributed by atoms with Crippen molar-refractivity contribution in [2.24, 2.45) is 0 Å². The van der Waals surface area contributed by atoms with E-state index in [1.54, 1.807) is 0 Å². The molecule has 0 unspecified atom stereocenters. The molecule has 0 aliphatic heterocycles. The fourth-order valence-electron chi connectivity index (χ4n) is 2.25. The van der Waals surface area contributed by atoms with Gasteiger partial charge < -0.3 is 9.64 Å². The van der Waals surface area contributed by atoms with Gasteiger partial charge in [0, 0.05) is 6.54 Å². The van der Waals surface area contributed by atoms with E-state index in [-0.39, 0.29) is 0 Å². The molecule has 0 heterocycles. The average molecular weight is 249 g/mol. The third-order valence-electron chi connectivity index (χ3n) is 3.59. The molecule has 2 heteroatoms. The number of benzene rings is 1. The first-order valence-corrected chi connectivity index (χ1v) is 7.04. The van der Waals surface area contributed by atoms with Crippen molar-refractivity contribution in [2.45, 2.75) is 34.1 Å². The van der Waals surface area contributed by atoms with Gasteiger partial charge in [-0.15, -0.1) is 0 Å². The van der Waals surface area contributed by atoms with Crippen molar-refractivity contribution in [1.82, 2.24) is 4.90 Å². The second-order valence-corrected chi connectivity index (χ2v) is 4.76. The monoisotopic (exact) mass is 249 g/mol. The summed E-state index contributed by atoms with van der Waals surface area (Å²) in [6.45, 7) is 13.7. The fraction of sp³-hybridized carbons (Fsp3) is 0.625. The van der Waals surface area contributed by atoms with Gasteiger partial charge in [-0.2, -0.15) is 0 Å². The predicted octanol–water partition coefficient (Wildman–Crippen LogP) is 3.20. The van der Waals surface area contributed by atoms with Crippen LogP contribution >= 0.6 is 0 Å². The molecular weight excluding hydrogens is 222 g/mol. The second kappa shape index (κ2) is 8.28. The van der Waals surface area contributed by atoms with E-state index in [2.05, 4.69) is 50.8 Å². The zero-order chi connectivity index (χ0) is 13.4. The van der Waals surface area contributed by atoms with Crippen molar-refractivity contribution in [1.29, 1.82) is 0 Å². The topological polar surface area (TPSA) is 12.5 Å². The Kier molecular flexibility index (Phi) is 6.99. The minimum atomic E-state index is 0.826. The molecule has 1 aromatic carbocycles. The van der Waals surface area contributed by atoms with E-state index in [9.17, 15) is 0 Å². The highest BCUT2D eigenvalue weighted by atomic mass is 16.5. The molecule has 0 radical (unpaired) electrons. The molecule has 2 nitrogen and oxygen atoms in total. The molecule has 0 aliphatic carbocycles. The summed E-state index contributed by atoms with van der Waals surface area (Å²) in [5.74, 6) is 0. The van der Waals surface area contributed by atoms with Crippen LogP contribution in [0.4, 0.5) is 0 Å². The van der Waals surface area contributed by atoms with E-state index in [0.717, 1.165) is 39.3 Å². The highest BCUT2D eigenvalue weighted by Crippen LogP contribution is 2.13. The van der Waals surface area contributed by atoms with Crippen LogP contribution in [-0.2, 0) is 11.2 Å². The number of hydrogen-bond acceptors (Lipinski definition) is 2. The van der Waals surface area contributed by atoms with Crippen LogP contribution in [0.5, 0.6) is 0 Å². The highest BCUT2D eigenvalue weighted by Gasteiger charge is 2.02. The Balaban J connectivity index is 2.26. The van der Waals surface area contributed by atoms with Gasteiger partial charge in [0.15, 0.2) is 0 Å². The van der Waals surface area contributed by atoms with Gasteiger partial charge in [0.1, 0.15) is 0 Å². The number of ether oxygens (including phenoxy) is 1. The van der Waals surface area contributed by atoms with Gasteiger partial charge in [0.05, 0.1) is 13.2 Å². The average Bonchev–Trinajstić information content (AvgIpc) is 2.37. The van der Waals surface area contributed by atoms with Crippen LogP contribution in [-0.4, -0.2) is 37.7 Å². The molecule has 0 saturated carbocycles. The standard InChI is InChI=1S/C16H27NO/c1-5-17(6-2)11-13-18-12-10-16-14(3)8-7-9-15(16)4/h7-9H,5-6,10-13H2,1-4H3. The molecule has 0 atom stereocenters. The lowest BCUT2D eigenvalue weighted by Gasteiger charge is -2.17. The summed E-state index contributed by atoms with van der Waals surface area (Å²) >= 11 is 0. The number of likely N-dealkylation sites (N-methyl/N-ethyl adjacent to an activating group) is 1. The summed E-state index contributed by atoms with van der Waals surface area (Å²) in [7, 11) is 0. The van der Waals surface area contributed by atoms with Crippen LogP contribution < -0.4 is 0 Å². The maximum absolute atomic E-state index is 5.74. The first kappa shape index (κ1) is 15.2. The largest absolute Gasteiger partial charge is 0.380 e. The van der Waals surface area contributed by atoms with Crippen molar-refractivity contribution in [3.8, 4) is 0 Å². The van der Waals surface area contributed by atoms with Crippen LogP contribution in [0.15, 0.2) is 18.2 Å². The summed E-state index contributed by atoms with van der Waals surface area (Å²) in [5, 5.41) is 0. The minimum Gasteiger partial charge on any atom is -0.380 e. The lowest BCUT2D eigenvalue weighted by atomic mass is 10.0. The zero-order valence-electron chi connectivity index (χ0n) is 12.3. The van der Waals surface area contributed by atoms with Crippen LogP contribution in [0.25, 0.3) is 0 Å². The Labute approximate surface area is 112 Å². The van der Waals surface area contributed by atoms with Crippen molar-refractivity contribution in [3.05, 3.63) is 34.9 Å². The van der Waals surface area contributed by atoms with Crippen molar-refractivity contribution in [3.63, 3.8) is 0 Å². The Hall–Kier alpha value is -0.860. The molecule has 0 spiro atoms. The van der Waals surface area contributed by atoms with E-state index < -0.39 is 0 Å². The fourth-order valence-corrected chi connectivity index (χ4v) is 2.25. The minimum absolute atomic E-state index is 0.826. The normalized spacial score (nSPS) is 11.2. The van der Waals surface area contributed by atoms with E-state index in [4.69, 9.17) is 4.74 Å². The smallest absolute Gasteiger partial charge is 0.0593 e. The first-order valence-electron chi connectivity index (χ1n) is 7.04. The quantitative estimate of drug-likeness (QED) is 0.656. The van der Waals surface area contributed by atoms with Gasteiger partial charge in [-0.05, 0) is 50.0 Å². The van der Waals surface area contributed by atoms with Gasteiger partial charge >= 0.3 is 0 Å². The van der Waals surface area contributed by atoms with E-state index in [1.165, 1.54) is 16.7 Å². The van der Waals surface area contributed by atoms with Gasteiger partial charge in [0.2, 0.25) is 0 Å². The maximum Gasteiger partial charge on any atom is 0.0593 e. The Morgan fingerprint density at radius 3 is 2.17 bits per heavy atom. The molecule has 0 saturated heterocycles. The van der Waals surface area contributed by atoms with Crippen LogP contribution in [0, 0.1) is 13.8 Å². The molecule has 0 N–H and O–H groups in total. The van der Waals surface area contributed by atoms with Crippen LogP contribution in [0.3, 0.4) is 0 Å². The van der Waals surface area contributed by atoms with Crippen molar-refractivity contribution < 1.29 is 4.74 Å². The van der Waals surface area contributed by atoms with E-state index in [1.807, 2.05) is 0 Å². The summed E-state index contributed by atoms with van der Waals surface area (Å²) in [6, 6.07) is 6.48. The molecule has 0 aromatic heterocycles. The van der Waals surface area contributed by atoms with Gasteiger partial charge in [0.25, 0.3) is 0 Å². The Morgan fingerprint density at radius 2 is 1.61 bits per heavy atom. The summed E-state index contributed by atoms with van der Waals surface area (Å²) < 4.78 is 5.74. The SMILES string of the molecule is CCN(CC)CCOCCc1c(C)cccc1C. The number of nitrogens with zero attached hydrogens (tertiary/aromatic N) is 1. The van der Waals surface area contributed by atoms with Gasteiger partial charge in [-0.25, -0.2) is 0 Å². The van der Waals surface area contributed by atoms with Crippen molar-refractivity contribution >= 4 is 0 Å². The van der Waals surface area contributed by atoms with E-state index >= 15 is 0 Å². The van der Waals surface area contributed by atoms with Crippen molar-refractivity contribution in [2.75, 3.05) is 32.8 Å². The second-order valence-electron chi connectivity index (χ2n) is 4.76. The Bertz CT molecular complexity index is 325. The molecular formula is C16H27NO. The summed E-state index contributed by atoms with van der Waals surface area (Å²) in [4.78, 5) is 2.39. The molecule has 0 bridgehead atoms. The summed E-state index contributed by atoms with van der Waals surface area (Å²) in [6.07, 6.45) is 1.02. The van der Waals surface area contributed by atoms with Gasteiger partial charge in [-0.1, -0.05) is 32.0 Å². The third-order valence-corrected chi connectivity index (χ3v) is 3.59. The molecule has 18 heavy (non-hydrogen) atoms. The first-order chi connectivity index (χ1) is 8.69. The lowest BCUT2D eigenvalue weighted by molar-refractivity contribution is 0.109. The maximum atomic E-state index is 5.74.